The third-order valence-corrected chi connectivity index (χ3v) is 4.56. The molecule has 150 valence electrons. The second-order valence-corrected chi connectivity index (χ2v) is 6.17. The number of carbonyl (C=O) groups is 1. The predicted octanol–water partition coefficient (Wildman–Crippen LogP) is 4.12. The molecule has 0 aliphatic carbocycles. The van der Waals surface area contributed by atoms with Crippen LogP contribution in [0, 0.1) is 0 Å². The Morgan fingerprint density at radius 2 is 1.41 bits per heavy atom. The van der Waals surface area contributed by atoms with Gasteiger partial charge in [-0.25, -0.2) is 0 Å². The van der Waals surface area contributed by atoms with Crippen LogP contribution in [0.1, 0.15) is 43.5 Å². The third-order valence-electron chi connectivity index (χ3n) is 4.56. The van der Waals surface area contributed by atoms with Gasteiger partial charge in [0, 0.05) is 19.0 Å². The molecule has 0 saturated carbocycles. The van der Waals surface area contributed by atoms with Crippen molar-refractivity contribution < 1.29 is 4.79 Å². The molecule has 6 heteroatoms. The molecule has 0 heterocycles. The number of likely N-dealkylation sites (N-methyl/N-ethyl adjacent to an activating group) is 1. The maximum atomic E-state index is 12.4. The Morgan fingerprint density at radius 1 is 0.926 bits per heavy atom. The summed E-state index contributed by atoms with van der Waals surface area (Å²) in [4.78, 5) is 14.7. The van der Waals surface area contributed by atoms with Crippen molar-refractivity contribution in [2.75, 3.05) is 19.6 Å². The summed E-state index contributed by atoms with van der Waals surface area (Å²) >= 11 is 0. The van der Waals surface area contributed by atoms with Crippen LogP contribution < -0.4 is 11.1 Å². The highest BCUT2D eigenvalue weighted by atomic mass is 35.5. The van der Waals surface area contributed by atoms with Gasteiger partial charge in [0.05, 0.1) is 6.04 Å². The van der Waals surface area contributed by atoms with E-state index < -0.39 is 0 Å². The number of hydrogen-bond donors (Lipinski definition) is 2. The SMILES string of the molecule is CCN(CC)C(CNC(=O)CC(N)c1ccccc1)c1ccccc1.Cl.Cl. The van der Waals surface area contributed by atoms with Crippen molar-refractivity contribution in [2.45, 2.75) is 32.4 Å². The zero-order chi connectivity index (χ0) is 18.1. The number of benzene rings is 2. The first-order chi connectivity index (χ1) is 12.2. The molecule has 0 bridgehead atoms. The van der Waals surface area contributed by atoms with Gasteiger partial charge < -0.3 is 11.1 Å². The van der Waals surface area contributed by atoms with Gasteiger partial charge in [0.2, 0.25) is 5.91 Å². The largest absolute Gasteiger partial charge is 0.354 e. The van der Waals surface area contributed by atoms with E-state index in [1.165, 1.54) is 5.56 Å². The van der Waals surface area contributed by atoms with Crippen LogP contribution in [0.3, 0.4) is 0 Å². The molecule has 0 aliphatic rings. The summed E-state index contributed by atoms with van der Waals surface area (Å²) < 4.78 is 0. The van der Waals surface area contributed by atoms with Gasteiger partial charge in [0.25, 0.3) is 0 Å². The summed E-state index contributed by atoms with van der Waals surface area (Å²) in [5.74, 6) is -0.00978. The molecule has 0 spiro atoms. The molecular formula is C21H31Cl2N3O. The van der Waals surface area contributed by atoms with Crippen molar-refractivity contribution in [3.8, 4) is 0 Å². The maximum Gasteiger partial charge on any atom is 0.221 e. The van der Waals surface area contributed by atoms with E-state index in [0.29, 0.717) is 13.0 Å². The van der Waals surface area contributed by atoms with E-state index in [4.69, 9.17) is 5.73 Å². The normalized spacial score (nSPS) is 12.4. The summed E-state index contributed by atoms with van der Waals surface area (Å²) in [7, 11) is 0. The lowest BCUT2D eigenvalue weighted by Gasteiger charge is -2.30. The lowest BCUT2D eigenvalue weighted by molar-refractivity contribution is -0.121. The van der Waals surface area contributed by atoms with Crippen molar-refractivity contribution in [1.29, 1.82) is 0 Å². The van der Waals surface area contributed by atoms with Crippen LogP contribution in [-0.4, -0.2) is 30.4 Å². The zero-order valence-electron chi connectivity index (χ0n) is 16.0. The average molecular weight is 412 g/mol. The van der Waals surface area contributed by atoms with Crippen LogP contribution in [0.2, 0.25) is 0 Å². The Balaban J connectivity index is 0.00000338. The van der Waals surface area contributed by atoms with E-state index in [9.17, 15) is 4.79 Å². The van der Waals surface area contributed by atoms with Gasteiger partial charge in [-0.3, -0.25) is 9.69 Å². The van der Waals surface area contributed by atoms with Gasteiger partial charge in [0.1, 0.15) is 0 Å². The second kappa shape index (κ2) is 13.6. The summed E-state index contributed by atoms with van der Waals surface area (Å²) in [5.41, 5.74) is 8.36. The molecule has 27 heavy (non-hydrogen) atoms. The van der Waals surface area contributed by atoms with Crippen LogP contribution in [0.5, 0.6) is 0 Å². The number of nitrogens with zero attached hydrogens (tertiary/aromatic N) is 1. The second-order valence-electron chi connectivity index (χ2n) is 6.17. The standard InChI is InChI=1S/C21H29N3O.2ClH/c1-3-24(4-2)20(18-13-9-6-10-14-18)16-23-21(25)15-19(22)17-11-7-5-8-12-17;;/h5-14,19-20H,3-4,15-16,22H2,1-2H3,(H,23,25);2*1H. The third kappa shape index (κ3) is 7.89. The first-order valence-electron chi connectivity index (χ1n) is 9.01. The lowest BCUT2D eigenvalue weighted by Crippen LogP contribution is -2.38. The van der Waals surface area contributed by atoms with E-state index in [-0.39, 0.29) is 42.8 Å². The molecule has 2 aromatic rings. The highest BCUT2D eigenvalue weighted by Crippen LogP contribution is 2.20. The van der Waals surface area contributed by atoms with Gasteiger partial charge in [-0.2, -0.15) is 0 Å². The fourth-order valence-electron chi connectivity index (χ4n) is 3.10. The highest BCUT2D eigenvalue weighted by Gasteiger charge is 2.19. The molecule has 3 N–H and O–H groups in total. The molecule has 2 unspecified atom stereocenters. The minimum Gasteiger partial charge on any atom is -0.354 e. The van der Waals surface area contributed by atoms with Crippen molar-refractivity contribution in [1.82, 2.24) is 10.2 Å². The molecule has 4 nitrogen and oxygen atoms in total. The highest BCUT2D eigenvalue weighted by molar-refractivity contribution is 5.85. The molecule has 0 saturated heterocycles. The fourth-order valence-corrected chi connectivity index (χ4v) is 3.10. The molecule has 0 fully saturated rings. The van der Waals surface area contributed by atoms with Gasteiger partial charge in [0.15, 0.2) is 0 Å². The first-order valence-corrected chi connectivity index (χ1v) is 9.01. The van der Waals surface area contributed by atoms with Crippen molar-refractivity contribution >= 4 is 30.7 Å². The molecule has 0 radical (unpaired) electrons. The number of amides is 1. The quantitative estimate of drug-likeness (QED) is 0.652. The van der Waals surface area contributed by atoms with Gasteiger partial charge in [-0.05, 0) is 24.2 Å². The number of nitrogens with one attached hydrogen (secondary N) is 1. The van der Waals surface area contributed by atoms with Gasteiger partial charge in [-0.1, -0.05) is 74.5 Å². The predicted molar refractivity (Wildman–Crippen MR) is 118 cm³/mol. The van der Waals surface area contributed by atoms with E-state index >= 15 is 0 Å². The summed E-state index contributed by atoms with van der Waals surface area (Å²) in [6, 6.07) is 20.0. The Morgan fingerprint density at radius 3 is 1.89 bits per heavy atom. The number of halogens is 2. The van der Waals surface area contributed by atoms with Crippen LogP contribution in [0.25, 0.3) is 0 Å². The molecule has 0 aliphatic heterocycles. The van der Waals surface area contributed by atoms with Crippen LogP contribution >= 0.6 is 24.8 Å². The minimum absolute atomic E-state index is 0. The topological polar surface area (TPSA) is 58.4 Å². The van der Waals surface area contributed by atoms with Crippen molar-refractivity contribution in [3.63, 3.8) is 0 Å². The van der Waals surface area contributed by atoms with Gasteiger partial charge in [-0.15, -0.1) is 24.8 Å². The van der Waals surface area contributed by atoms with E-state index in [0.717, 1.165) is 18.7 Å². The Bertz CT molecular complexity index is 636. The molecule has 2 rings (SSSR count). The molecule has 1 amide bonds. The average Bonchev–Trinajstić information content (AvgIpc) is 2.66. The molecule has 0 aromatic heterocycles. The Kier molecular flexibility index (Phi) is 12.8. The number of carbonyl (C=O) groups excluding carboxylic acids is 1. The lowest BCUT2D eigenvalue weighted by atomic mass is 10.0. The minimum atomic E-state index is -0.273. The van der Waals surface area contributed by atoms with Gasteiger partial charge >= 0.3 is 0 Å². The number of rotatable bonds is 9. The van der Waals surface area contributed by atoms with E-state index in [1.54, 1.807) is 0 Å². The molecule has 2 atom stereocenters. The van der Waals surface area contributed by atoms with Crippen LogP contribution in [0.15, 0.2) is 60.7 Å². The van der Waals surface area contributed by atoms with Crippen molar-refractivity contribution in [3.05, 3.63) is 71.8 Å². The molecule has 2 aromatic carbocycles. The van der Waals surface area contributed by atoms with E-state index in [1.807, 2.05) is 48.5 Å². The van der Waals surface area contributed by atoms with Crippen LogP contribution in [-0.2, 0) is 4.79 Å². The first kappa shape index (κ1) is 25.4. The smallest absolute Gasteiger partial charge is 0.221 e. The zero-order valence-corrected chi connectivity index (χ0v) is 17.6. The van der Waals surface area contributed by atoms with Crippen LogP contribution in [0.4, 0.5) is 0 Å². The Hall–Kier alpha value is -1.59. The van der Waals surface area contributed by atoms with E-state index in [2.05, 4.69) is 36.2 Å². The summed E-state index contributed by atoms with van der Waals surface area (Å²) in [6.07, 6.45) is 0.295. The molecular weight excluding hydrogens is 381 g/mol. The Labute approximate surface area is 175 Å². The van der Waals surface area contributed by atoms with Crippen molar-refractivity contribution in [2.24, 2.45) is 5.73 Å². The summed E-state index contributed by atoms with van der Waals surface area (Å²) in [5, 5.41) is 3.07. The summed E-state index contributed by atoms with van der Waals surface area (Å²) in [6.45, 7) is 6.76. The fraction of sp³-hybridized carbons (Fsp3) is 0.381. The monoisotopic (exact) mass is 411 g/mol. The maximum absolute atomic E-state index is 12.4. The number of nitrogens with two attached hydrogens (primary N) is 1. The number of hydrogen-bond acceptors (Lipinski definition) is 3.